The van der Waals surface area contributed by atoms with E-state index in [9.17, 15) is 0 Å². The smallest absolute Gasteiger partial charge is 0.237 e. The minimum Gasteiger partial charge on any atom is -0.474 e. The van der Waals surface area contributed by atoms with Crippen molar-refractivity contribution in [3.05, 3.63) is 47.7 Å². The summed E-state index contributed by atoms with van der Waals surface area (Å²) in [5.41, 5.74) is 1.97. The van der Waals surface area contributed by atoms with Crippen molar-refractivity contribution in [3.8, 4) is 11.9 Å². The summed E-state index contributed by atoms with van der Waals surface area (Å²) in [7, 11) is 0. The topological polar surface area (TPSA) is 60.1 Å². The first-order valence-corrected chi connectivity index (χ1v) is 7.40. The lowest BCUT2D eigenvalue weighted by Gasteiger charge is -2.07. The monoisotopic (exact) mass is 299 g/mol. The van der Waals surface area contributed by atoms with E-state index >= 15 is 0 Å². The number of ether oxygens (including phenoxy) is 2. The molecule has 0 bridgehead atoms. The van der Waals surface area contributed by atoms with Gasteiger partial charge in [0.05, 0.1) is 38.4 Å². The molecule has 2 rings (SSSR count). The third-order valence-corrected chi connectivity index (χ3v) is 2.99. The first-order chi connectivity index (χ1) is 10.7. The van der Waals surface area contributed by atoms with E-state index < -0.39 is 0 Å². The van der Waals surface area contributed by atoms with E-state index in [1.54, 1.807) is 4.68 Å². The third kappa shape index (κ3) is 4.90. The van der Waals surface area contributed by atoms with Crippen LogP contribution >= 0.6 is 0 Å². The minimum absolute atomic E-state index is 0.0372. The highest BCUT2D eigenvalue weighted by Gasteiger charge is 2.11. The van der Waals surface area contributed by atoms with Gasteiger partial charge in [0, 0.05) is 11.8 Å². The Morgan fingerprint density at radius 3 is 2.73 bits per heavy atom. The van der Waals surface area contributed by atoms with Gasteiger partial charge in [-0.3, -0.25) is 4.68 Å². The average molecular weight is 299 g/mol. The van der Waals surface area contributed by atoms with Crippen molar-refractivity contribution in [1.29, 1.82) is 5.26 Å². The van der Waals surface area contributed by atoms with Gasteiger partial charge in [-0.25, -0.2) is 0 Å². The van der Waals surface area contributed by atoms with E-state index in [-0.39, 0.29) is 6.10 Å². The van der Waals surface area contributed by atoms with Crippen LogP contribution in [0.25, 0.3) is 0 Å². The van der Waals surface area contributed by atoms with Crippen molar-refractivity contribution in [2.45, 2.75) is 39.5 Å². The fourth-order valence-electron chi connectivity index (χ4n) is 2.01. The van der Waals surface area contributed by atoms with Crippen LogP contribution in [0.3, 0.4) is 0 Å². The van der Waals surface area contributed by atoms with Crippen molar-refractivity contribution >= 4 is 0 Å². The minimum atomic E-state index is 0.0372. The first-order valence-electron chi connectivity index (χ1n) is 7.40. The molecule has 116 valence electrons. The molecule has 0 atom stereocenters. The molecule has 5 heteroatoms. The molecule has 1 aromatic carbocycles. The standard InChI is InChI=1S/C17H21N3O2/c1-14(2)22-17-16(8-9-18)12-20(19-17)10-11-21-13-15-6-4-3-5-7-15/h3-7,12,14H,8,10-11,13H2,1-2H3. The number of hydrogen-bond acceptors (Lipinski definition) is 4. The van der Waals surface area contributed by atoms with Gasteiger partial charge in [-0.15, -0.1) is 5.10 Å². The number of aromatic nitrogens is 2. The summed E-state index contributed by atoms with van der Waals surface area (Å²) in [5, 5.41) is 13.2. The normalized spacial score (nSPS) is 10.6. The average Bonchev–Trinajstić information content (AvgIpc) is 2.86. The number of rotatable bonds is 8. The van der Waals surface area contributed by atoms with Gasteiger partial charge in [0.25, 0.3) is 0 Å². The summed E-state index contributed by atoms with van der Waals surface area (Å²) in [5.74, 6) is 0.541. The SMILES string of the molecule is CC(C)Oc1nn(CCOCc2ccccc2)cc1CC#N. The molecule has 0 unspecified atom stereocenters. The van der Waals surface area contributed by atoms with E-state index in [4.69, 9.17) is 14.7 Å². The predicted octanol–water partition coefficient (Wildman–Crippen LogP) is 2.95. The van der Waals surface area contributed by atoms with Crippen molar-refractivity contribution in [2.75, 3.05) is 6.61 Å². The van der Waals surface area contributed by atoms with Gasteiger partial charge in [-0.1, -0.05) is 30.3 Å². The maximum absolute atomic E-state index is 8.86. The summed E-state index contributed by atoms with van der Waals surface area (Å²) < 4.78 is 13.1. The Kier molecular flexibility index (Phi) is 5.99. The zero-order valence-corrected chi connectivity index (χ0v) is 13.0. The molecule has 0 aliphatic heterocycles. The molecular formula is C17H21N3O2. The van der Waals surface area contributed by atoms with Crippen LogP contribution in [0, 0.1) is 11.3 Å². The van der Waals surface area contributed by atoms with E-state index in [1.165, 1.54) is 0 Å². The Hall–Kier alpha value is -2.32. The van der Waals surface area contributed by atoms with Gasteiger partial charge in [-0.05, 0) is 19.4 Å². The van der Waals surface area contributed by atoms with Crippen LogP contribution in [0.2, 0.25) is 0 Å². The Balaban J connectivity index is 1.86. The molecule has 2 aromatic rings. The summed E-state index contributed by atoms with van der Waals surface area (Å²) in [4.78, 5) is 0. The molecule has 0 saturated heterocycles. The molecule has 22 heavy (non-hydrogen) atoms. The maximum atomic E-state index is 8.86. The molecule has 5 nitrogen and oxygen atoms in total. The zero-order chi connectivity index (χ0) is 15.8. The number of nitrogens with zero attached hydrogens (tertiary/aromatic N) is 3. The predicted molar refractivity (Wildman–Crippen MR) is 83.4 cm³/mol. The van der Waals surface area contributed by atoms with Gasteiger partial charge < -0.3 is 9.47 Å². The summed E-state index contributed by atoms with van der Waals surface area (Å²) >= 11 is 0. The summed E-state index contributed by atoms with van der Waals surface area (Å²) in [6.45, 7) is 5.66. The molecule has 0 radical (unpaired) electrons. The van der Waals surface area contributed by atoms with Crippen LogP contribution in [0.4, 0.5) is 0 Å². The molecule has 0 spiro atoms. The van der Waals surface area contributed by atoms with Gasteiger partial charge >= 0.3 is 0 Å². The second-order valence-corrected chi connectivity index (χ2v) is 5.26. The fraction of sp³-hybridized carbons (Fsp3) is 0.412. The van der Waals surface area contributed by atoms with Crippen LogP contribution in [0.15, 0.2) is 36.5 Å². The molecule has 0 saturated carbocycles. The third-order valence-electron chi connectivity index (χ3n) is 2.99. The summed E-state index contributed by atoms with van der Waals surface area (Å²) in [6, 6.07) is 12.2. The van der Waals surface area contributed by atoms with E-state index in [0.29, 0.717) is 32.1 Å². The van der Waals surface area contributed by atoms with Crippen LogP contribution in [0.5, 0.6) is 5.88 Å². The molecule has 0 aliphatic rings. The molecule has 0 fully saturated rings. The van der Waals surface area contributed by atoms with E-state index in [1.807, 2.05) is 50.4 Å². The Morgan fingerprint density at radius 2 is 2.05 bits per heavy atom. The van der Waals surface area contributed by atoms with E-state index in [2.05, 4.69) is 11.2 Å². The highest BCUT2D eigenvalue weighted by atomic mass is 16.5. The van der Waals surface area contributed by atoms with Crippen LogP contribution in [-0.4, -0.2) is 22.5 Å². The molecule has 0 aliphatic carbocycles. The summed E-state index contributed by atoms with van der Waals surface area (Å²) in [6.07, 6.45) is 2.19. The van der Waals surface area contributed by atoms with Crippen LogP contribution in [0.1, 0.15) is 25.0 Å². The second kappa shape index (κ2) is 8.20. The lowest BCUT2D eigenvalue weighted by Crippen LogP contribution is -2.09. The molecule has 0 amide bonds. The Bertz CT molecular complexity index is 615. The molecule has 1 aromatic heterocycles. The lowest BCUT2D eigenvalue weighted by atomic mass is 10.2. The highest BCUT2D eigenvalue weighted by molar-refractivity contribution is 5.26. The number of nitriles is 1. The van der Waals surface area contributed by atoms with Gasteiger partial charge in [0.2, 0.25) is 5.88 Å². The number of benzene rings is 1. The second-order valence-electron chi connectivity index (χ2n) is 5.26. The molecular weight excluding hydrogens is 278 g/mol. The number of hydrogen-bond donors (Lipinski definition) is 0. The van der Waals surface area contributed by atoms with Gasteiger partial charge in [-0.2, -0.15) is 5.26 Å². The maximum Gasteiger partial charge on any atom is 0.237 e. The van der Waals surface area contributed by atoms with E-state index in [0.717, 1.165) is 11.1 Å². The van der Waals surface area contributed by atoms with Crippen molar-refractivity contribution in [1.82, 2.24) is 9.78 Å². The van der Waals surface area contributed by atoms with Crippen LogP contribution < -0.4 is 4.74 Å². The Labute approximate surface area is 131 Å². The van der Waals surface area contributed by atoms with Crippen molar-refractivity contribution in [2.24, 2.45) is 0 Å². The van der Waals surface area contributed by atoms with Gasteiger partial charge in [0.1, 0.15) is 0 Å². The largest absolute Gasteiger partial charge is 0.474 e. The van der Waals surface area contributed by atoms with Gasteiger partial charge in [0.15, 0.2) is 0 Å². The quantitative estimate of drug-likeness (QED) is 0.703. The van der Waals surface area contributed by atoms with Crippen LogP contribution in [-0.2, 0) is 24.3 Å². The Morgan fingerprint density at radius 1 is 1.27 bits per heavy atom. The fourth-order valence-corrected chi connectivity index (χ4v) is 2.01. The molecule has 0 N–H and O–H groups in total. The zero-order valence-electron chi connectivity index (χ0n) is 13.0. The lowest BCUT2D eigenvalue weighted by molar-refractivity contribution is 0.110. The van der Waals surface area contributed by atoms with Crippen molar-refractivity contribution < 1.29 is 9.47 Å². The highest BCUT2D eigenvalue weighted by Crippen LogP contribution is 2.17. The van der Waals surface area contributed by atoms with Crippen molar-refractivity contribution in [3.63, 3.8) is 0 Å². The first kappa shape index (κ1) is 16.1. The molecule has 1 heterocycles.